The number of rotatable bonds is 5. The van der Waals surface area contributed by atoms with Crippen molar-refractivity contribution in [3.8, 4) is 0 Å². The first-order valence-corrected chi connectivity index (χ1v) is 5.73. The Bertz CT molecular complexity index is 419. The molecule has 0 saturated carbocycles. The van der Waals surface area contributed by atoms with Gasteiger partial charge in [-0.15, -0.1) is 0 Å². The lowest BCUT2D eigenvalue weighted by Gasteiger charge is -2.22. The summed E-state index contributed by atoms with van der Waals surface area (Å²) in [6, 6.07) is -0.593. The van der Waals surface area contributed by atoms with Gasteiger partial charge in [0, 0.05) is 19.4 Å². The third-order valence-corrected chi connectivity index (χ3v) is 2.61. The molecule has 6 heteroatoms. The smallest absolute Gasteiger partial charge is 0.239 e. The van der Waals surface area contributed by atoms with E-state index in [2.05, 4.69) is 9.97 Å². The van der Waals surface area contributed by atoms with Crippen LogP contribution < -0.4 is 5.73 Å². The minimum Gasteiger partial charge on any atom is -0.337 e. The zero-order valence-corrected chi connectivity index (χ0v) is 10.8. The van der Waals surface area contributed by atoms with E-state index in [1.54, 1.807) is 7.05 Å². The fourth-order valence-electron chi connectivity index (χ4n) is 1.36. The van der Waals surface area contributed by atoms with Gasteiger partial charge >= 0.3 is 0 Å². The summed E-state index contributed by atoms with van der Waals surface area (Å²) in [5, 5.41) is 0. The van der Waals surface area contributed by atoms with Crippen molar-refractivity contribution in [3.63, 3.8) is 0 Å². The zero-order valence-electron chi connectivity index (χ0n) is 10.8. The maximum atomic E-state index is 11.9. The highest BCUT2D eigenvalue weighted by atomic mass is 16.2. The van der Waals surface area contributed by atoms with Crippen LogP contribution in [0, 0.1) is 5.92 Å². The van der Waals surface area contributed by atoms with Gasteiger partial charge in [-0.2, -0.15) is 0 Å². The number of hydrogen-bond donors (Lipinski definition) is 1. The molecule has 2 N–H and O–H groups in total. The number of ketones is 1. The van der Waals surface area contributed by atoms with Crippen LogP contribution in [0.5, 0.6) is 0 Å². The Labute approximate surface area is 106 Å². The number of carbonyl (C=O) groups is 2. The van der Waals surface area contributed by atoms with Crippen LogP contribution in [0.4, 0.5) is 0 Å². The Morgan fingerprint density at radius 2 is 2.06 bits per heavy atom. The quantitative estimate of drug-likeness (QED) is 0.749. The number of carbonyl (C=O) groups excluding carboxylic acids is 2. The second kappa shape index (κ2) is 6.20. The predicted octanol–water partition coefficient (Wildman–Crippen LogP) is 0.101. The number of nitrogens with zero attached hydrogens (tertiary/aromatic N) is 3. The van der Waals surface area contributed by atoms with Crippen molar-refractivity contribution in [1.82, 2.24) is 14.9 Å². The van der Waals surface area contributed by atoms with Crippen LogP contribution in [0.2, 0.25) is 0 Å². The minimum atomic E-state index is -0.593. The molecule has 0 aliphatic rings. The largest absolute Gasteiger partial charge is 0.337 e. The first-order valence-electron chi connectivity index (χ1n) is 5.73. The van der Waals surface area contributed by atoms with Crippen molar-refractivity contribution in [2.24, 2.45) is 11.7 Å². The van der Waals surface area contributed by atoms with Gasteiger partial charge < -0.3 is 10.6 Å². The normalized spacial score (nSPS) is 12.3. The first kappa shape index (κ1) is 14.2. The lowest BCUT2D eigenvalue weighted by Crippen LogP contribution is -2.46. The van der Waals surface area contributed by atoms with Crippen LogP contribution in [0.3, 0.4) is 0 Å². The number of hydrogen-bond acceptors (Lipinski definition) is 5. The summed E-state index contributed by atoms with van der Waals surface area (Å²) in [5.41, 5.74) is 5.99. The van der Waals surface area contributed by atoms with Gasteiger partial charge in [0.1, 0.15) is 5.69 Å². The van der Waals surface area contributed by atoms with Gasteiger partial charge in [-0.05, 0) is 5.92 Å². The summed E-state index contributed by atoms with van der Waals surface area (Å²) in [4.78, 5) is 32.7. The molecule has 0 bridgehead atoms. The van der Waals surface area contributed by atoms with Gasteiger partial charge in [0.05, 0.1) is 18.8 Å². The molecule has 98 valence electrons. The molecule has 1 aromatic rings. The average Bonchev–Trinajstić information content (AvgIpc) is 2.37. The van der Waals surface area contributed by atoms with Gasteiger partial charge in [-0.3, -0.25) is 14.6 Å². The molecule has 1 rings (SSSR count). The number of aromatic nitrogens is 2. The third-order valence-electron chi connectivity index (χ3n) is 2.61. The molecular weight excluding hydrogens is 232 g/mol. The first-order chi connectivity index (χ1) is 8.43. The molecule has 1 unspecified atom stereocenters. The summed E-state index contributed by atoms with van der Waals surface area (Å²) in [6.07, 6.45) is 4.30. The Morgan fingerprint density at radius 3 is 2.56 bits per heavy atom. The topological polar surface area (TPSA) is 89.2 Å². The monoisotopic (exact) mass is 250 g/mol. The second-order valence-corrected chi connectivity index (χ2v) is 4.48. The van der Waals surface area contributed by atoms with E-state index >= 15 is 0 Å². The van der Waals surface area contributed by atoms with Gasteiger partial charge in [0.25, 0.3) is 0 Å². The predicted molar refractivity (Wildman–Crippen MR) is 66.8 cm³/mol. The van der Waals surface area contributed by atoms with E-state index in [0.29, 0.717) is 0 Å². The molecule has 6 nitrogen and oxygen atoms in total. The van der Waals surface area contributed by atoms with Crippen molar-refractivity contribution >= 4 is 11.7 Å². The van der Waals surface area contributed by atoms with Gasteiger partial charge in [-0.25, -0.2) is 4.98 Å². The van der Waals surface area contributed by atoms with E-state index in [0.717, 1.165) is 0 Å². The Hall–Kier alpha value is -1.82. The molecule has 0 aliphatic heterocycles. The highest BCUT2D eigenvalue weighted by Gasteiger charge is 2.23. The van der Waals surface area contributed by atoms with Crippen LogP contribution in [0.15, 0.2) is 18.6 Å². The molecule has 0 saturated heterocycles. The molecule has 0 spiro atoms. The molecule has 1 aromatic heterocycles. The van der Waals surface area contributed by atoms with Crippen LogP contribution in [-0.4, -0.2) is 46.2 Å². The molecule has 0 fully saturated rings. The lowest BCUT2D eigenvalue weighted by atomic mass is 10.0. The molecular formula is C12H18N4O2. The van der Waals surface area contributed by atoms with Gasteiger partial charge in [0.15, 0.2) is 0 Å². The second-order valence-electron chi connectivity index (χ2n) is 4.48. The Kier molecular flexibility index (Phi) is 4.91. The molecule has 0 radical (unpaired) electrons. The van der Waals surface area contributed by atoms with Crippen molar-refractivity contribution in [2.45, 2.75) is 19.9 Å². The third kappa shape index (κ3) is 3.59. The summed E-state index contributed by atoms with van der Waals surface area (Å²) in [7, 11) is 1.55. The van der Waals surface area contributed by atoms with Crippen LogP contribution in [-0.2, 0) is 4.79 Å². The molecule has 1 amide bonds. The number of Topliss-reactive ketones (excluding diaryl/α,β-unsaturated/α-hetero) is 1. The standard InChI is InChI=1S/C12H18N4O2/c1-8(2)11(13)12(18)16(3)7-10(17)9-6-14-4-5-15-9/h4-6,8,11H,7,13H2,1-3H3. The highest BCUT2D eigenvalue weighted by molar-refractivity contribution is 5.97. The number of nitrogens with two attached hydrogens (primary N) is 1. The maximum absolute atomic E-state index is 11.9. The molecule has 18 heavy (non-hydrogen) atoms. The molecule has 1 atom stereocenters. The zero-order chi connectivity index (χ0) is 13.7. The highest BCUT2D eigenvalue weighted by Crippen LogP contribution is 2.03. The Morgan fingerprint density at radius 1 is 1.39 bits per heavy atom. The molecule has 0 aromatic carbocycles. The van der Waals surface area contributed by atoms with Crippen molar-refractivity contribution in [1.29, 1.82) is 0 Å². The van der Waals surface area contributed by atoms with Crippen molar-refractivity contribution in [2.75, 3.05) is 13.6 Å². The van der Waals surface area contributed by atoms with Crippen molar-refractivity contribution < 1.29 is 9.59 Å². The van der Waals surface area contributed by atoms with Crippen LogP contribution in [0.1, 0.15) is 24.3 Å². The van der Waals surface area contributed by atoms with Crippen LogP contribution >= 0.6 is 0 Å². The van der Waals surface area contributed by atoms with E-state index in [9.17, 15) is 9.59 Å². The lowest BCUT2D eigenvalue weighted by molar-refractivity contribution is -0.131. The summed E-state index contributed by atoms with van der Waals surface area (Å²) >= 11 is 0. The fraction of sp³-hybridized carbons (Fsp3) is 0.500. The maximum Gasteiger partial charge on any atom is 0.239 e. The SMILES string of the molecule is CC(C)C(N)C(=O)N(C)CC(=O)c1cnccn1. The van der Waals surface area contributed by atoms with E-state index < -0.39 is 6.04 Å². The van der Waals surface area contributed by atoms with E-state index in [1.807, 2.05) is 13.8 Å². The molecule has 0 aliphatic carbocycles. The average molecular weight is 250 g/mol. The van der Waals surface area contributed by atoms with E-state index in [1.165, 1.54) is 23.5 Å². The van der Waals surface area contributed by atoms with Gasteiger partial charge in [0.2, 0.25) is 11.7 Å². The van der Waals surface area contributed by atoms with Gasteiger partial charge in [-0.1, -0.05) is 13.8 Å². The number of amides is 1. The van der Waals surface area contributed by atoms with E-state index in [-0.39, 0.29) is 29.8 Å². The molecule has 1 heterocycles. The van der Waals surface area contributed by atoms with Crippen LogP contribution in [0.25, 0.3) is 0 Å². The van der Waals surface area contributed by atoms with E-state index in [4.69, 9.17) is 5.73 Å². The summed E-state index contributed by atoms with van der Waals surface area (Å²) < 4.78 is 0. The Balaban J connectivity index is 2.63. The summed E-state index contributed by atoms with van der Waals surface area (Å²) in [6.45, 7) is 3.68. The van der Waals surface area contributed by atoms with Crippen molar-refractivity contribution in [3.05, 3.63) is 24.3 Å². The fourth-order valence-corrected chi connectivity index (χ4v) is 1.36. The minimum absolute atomic E-state index is 0.0339. The summed E-state index contributed by atoms with van der Waals surface area (Å²) in [5.74, 6) is -0.469. The number of likely N-dealkylation sites (N-methyl/N-ethyl adjacent to an activating group) is 1.